The summed E-state index contributed by atoms with van der Waals surface area (Å²) >= 11 is 0. The van der Waals surface area contributed by atoms with Crippen LogP contribution in [0, 0.1) is 18.3 Å². The van der Waals surface area contributed by atoms with Crippen LogP contribution in [0.2, 0.25) is 0 Å². The van der Waals surface area contributed by atoms with Crippen molar-refractivity contribution < 1.29 is 8.42 Å². The Kier molecular flexibility index (Phi) is 3.77. The largest absolute Gasteiger partial charge is 0.398 e. The number of aryl methyl sites for hydroxylation is 1. The van der Waals surface area contributed by atoms with E-state index in [-0.39, 0.29) is 16.3 Å². The first-order chi connectivity index (χ1) is 9.42. The quantitative estimate of drug-likeness (QED) is 0.878. The summed E-state index contributed by atoms with van der Waals surface area (Å²) in [7, 11) is -3.49. The number of rotatable bonds is 3. The first-order valence-corrected chi connectivity index (χ1v) is 7.65. The van der Waals surface area contributed by atoms with Gasteiger partial charge >= 0.3 is 0 Å². The average molecular weight is 286 g/mol. The number of hydrogen-bond donors (Lipinski definition) is 1. The fourth-order valence-electron chi connectivity index (χ4n) is 1.92. The fraction of sp³-hybridized carbons (Fsp3) is 0.133. The van der Waals surface area contributed by atoms with E-state index in [4.69, 9.17) is 11.0 Å². The van der Waals surface area contributed by atoms with E-state index in [9.17, 15) is 8.42 Å². The van der Waals surface area contributed by atoms with Gasteiger partial charge in [-0.15, -0.1) is 0 Å². The third-order valence-electron chi connectivity index (χ3n) is 2.94. The lowest BCUT2D eigenvalue weighted by atomic mass is 10.2. The summed E-state index contributed by atoms with van der Waals surface area (Å²) in [5.41, 5.74) is 8.09. The number of anilines is 1. The van der Waals surface area contributed by atoms with Gasteiger partial charge in [-0.05, 0) is 42.3 Å². The molecule has 0 saturated carbocycles. The summed E-state index contributed by atoms with van der Waals surface area (Å²) in [6.07, 6.45) is 0. The van der Waals surface area contributed by atoms with Crippen molar-refractivity contribution in [2.24, 2.45) is 0 Å². The topological polar surface area (TPSA) is 84.0 Å². The van der Waals surface area contributed by atoms with E-state index in [2.05, 4.69) is 0 Å². The van der Waals surface area contributed by atoms with Crippen molar-refractivity contribution in [1.82, 2.24) is 0 Å². The van der Waals surface area contributed by atoms with Crippen molar-refractivity contribution in [3.63, 3.8) is 0 Å². The standard InChI is InChI=1S/C15H14N2O2S/c1-11-2-7-15(14(17)8-11)20(18,19)10-13-5-3-12(9-16)4-6-13/h2-8H,10,17H2,1H3. The second-order valence-electron chi connectivity index (χ2n) is 4.61. The number of nitrogens with zero attached hydrogens (tertiary/aromatic N) is 1. The molecule has 102 valence electrons. The van der Waals surface area contributed by atoms with Gasteiger partial charge in [-0.1, -0.05) is 18.2 Å². The lowest BCUT2D eigenvalue weighted by molar-refractivity contribution is 0.595. The molecule has 2 aromatic rings. The second kappa shape index (κ2) is 5.35. The Hall–Kier alpha value is -2.32. The summed E-state index contributed by atoms with van der Waals surface area (Å²) in [5.74, 6) is -0.133. The first-order valence-electron chi connectivity index (χ1n) is 6.00. The third kappa shape index (κ3) is 2.98. The normalized spacial score (nSPS) is 11.0. The van der Waals surface area contributed by atoms with Gasteiger partial charge in [0.25, 0.3) is 0 Å². The molecule has 2 aromatic carbocycles. The van der Waals surface area contributed by atoms with E-state index in [1.807, 2.05) is 13.0 Å². The minimum Gasteiger partial charge on any atom is -0.398 e. The molecule has 0 heterocycles. The van der Waals surface area contributed by atoms with Crippen molar-refractivity contribution in [3.05, 3.63) is 59.2 Å². The highest BCUT2D eigenvalue weighted by molar-refractivity contribution is 7.90. The molecule has 0 unspecified atom stereocenters. The molecule has 0 fully saturated rings. The molecule has 20 heavy (non-hydrogen) atoms. The first kappa shape index (κ1) is 14.1. The van der Waals surface area contributed by atoms with Crippen molar-refractivity contribution in [2.75, 3.05) is 5.73 Å². The lowest BCUT2D eigenvalue weighted by Gasteiger charge is -2.08. The molecule has 2 N–H and O–H groups in total. The molecular formula is C15H14N2O2S. The lowest BCUT2D eigenvalue weighted by Crippen LogP contribution is -2.08. The van der Waals surface area contributed by atoms with Gasteiger partial charge in [0.1, 0.15) is 0 Å². The SMILES string of the molecule is Cc1ccc(S(=O)(=O)Cc2ccc(C#N)cc2)c(N)c1. The van der Waals surface area contributed by atoms with Gasteiger partial charge in [-0.3, -0.25) is 0 Å². The van der Waals surface area contributed by atoms with Crippen LogP contribution in [-0.2, 0) is 15.6 Å². The van der Waals surface area contributed by atoms with Crippen LogP contribution in [0.1, 0.15) is 16.7 Å². The molecule has 0 atom stereocenters. The van der Waals surface area contributed by atoms with Gasteiger partial charge < -0.3 is 5.73 Å². The second-order valence-corrected chi connectivity index (χ2v) is 6.57. The van der Waals surface area contributed by atoms with Gasteiger partial charge in [0.05, 0.1) is 28.0 Å². The highest BCUT2D eigenvalue weighted by atomic mass is 32.2. The van der Waals surface area contributed by atoms with Gasteiger partial charge in [-0.25, -0.2) is 8.42 Å². The summed E-state index contributed by atoms with van der Waals surface area (Å²) in [5, 5.41) is 8.72. The van der Waals surface area contributed by atoms with Crippen molar-refractivity contribution in [2.45, 2.75) is 17.6 Å². The number of nitrogens with two attached hydrogens (primary N) is 1. The predicted octanol–water partition coefficient (Wildman–Crippen LogP) is 2.42. The third-order valence-corrected chi connectivity index (χ3v) is 4.70. The van der Waals surface area contributed by atoms with Crippen molar-refractivity contribution in [1.29, 1.82) is 5.26 Å². The Morgan fingerprint density at radius 1 is 1.15 bits per heavy atom. The molecular weight excluding hydrogens is 272 g/mol. The zero-order valence-electron chi connectivity index (χ0n) is 11.0. The van der Waals surface area contributed by atoms with Gasteiger partial charge in [-0.2, -0.15) is 5.26 Å². The Morgan fingerprint density at radius 2 is 1.80 bits per heavy atom. The molecule has 0 amide bonds. The number of sulfone groups is 1. The molecule has 2 rings (SSSR count). The minimum atomic E-state index is -3.49. The zero-order valence-corrected chi connectivity index (χ0v) is 11.8. The summed E-state index contributed by atoms with van der Waals surface area (Å²) in [6.45, 7) is 1.85. The molecule has 4 nitrogen and oxygen atoms in total. The van der Waals surface area contributed by atoms with Crippen LogP contribution in [0.3, 0.4) is 0 Å². The van der Waals surface area contributed by atoms with Crippen LogP contribution >= 0.6 is 0 Å². The minimum absolute atomic E-state index is 0.133. The fourth-order valence-corrected chi connectivity index (χ4v) is 3.40. The molecule has 0 radical (unpaired) electrons. The van der Waals surface area contributed by atoms with Crippen LogP contribution in [-0.4, -0.2) is 8.42 Å². The van der Waals surface area contributed by atoms with Crippen LogP contribution < -0.4 is 5.73 Å². The molecule has 0 aromatic heterocycles. The Morgan fingerprint density at radius 3 is 2.35 bits per heavy atom. The molecule has 0 saturated heterocycles. The zero-order chi connectivity index (χ0) is 14.8. The summed E-state index contributed by atoms with van der Waals surface area (Å²) in [6, 6.07) is 13.4. The monoisotopic (exact) mass is 286 g/mol. The predicted molar refractivity (Wildman–Crippen MR) is 77.6 cm³/mol. The van der Waals surface area contributed by atoms with E-state index >= 15 is 0 Å². The number of benzene rings is 2. The molecule has 5 heteroatoms. The Bertz CT molecular complexity index is 773. The number of nitriles is 1. The van der Waals surface area contributed by atoms with Crippen LogP contribution in [0.15, 0.2) is 47.4 Å². The average Bonchev–Trinajstić information content (AvgIpc) is 2.38. The van der Waals surface area contributed by atoms with Gasteiger partial charge in [0, 0.05) is 0 Å². The van der Waals surface area contributed by atoms with Gasteiger partial charge in [0.15, 0.2) is 9.84 Å². The van der Waals surface area contributed by atoms with Crippen LogP contribution in [0.25, 0.3) is 0 Å². The maximum absolute atomic E-state index is 12.3. The molecule has 0 aliphatic rings. The smallest absolute Gasteiger partial charge is 0.184 e. The van der Waals surface area contributed by atoms with Crippen LogP contribution in [0.5, 0.6) is 0 Å². The maximum atomic E-state index is 12.3. The Balaban J connectivity index is 2.33. The highest BCUT2D eigenvalue weighted by Crippen LogP contribution is 2.23. The van der Waals surface area contributed by atoms with E-state index < -0.39 is 9.84 Å². The van der Waals surface area contributed by atoms with Crippen molar-refractivity contribution >= 4 is 15.5 Å². The number of nitrogen functional groups attached to an aromatic ring is 1. The van der Waals surface area contributed by atoms with Crippen LogP contribution in [0.4, 0.5) is 5.69 Å². The molecule has 0 spiro atoms. The summed E-state index contributed by atoms with van der Waals surface area (Å²) in [4.78, 5) is 0.146. The molecule has 0 bridgehead atoms. The van der Waals surface area contributed by atoms with E-state index in [0.717, 1.165) is 5.56 Å². The Labute approximate surface area is 118 Å². The molecule has 0 aliphatic carbocycles. The highest BCUT2D eigenvalue weighted by Gasteiger charge is 2.18. The number of hydrogen-bond acceptors (Lipinski definition) is 4. The van der Waals surface area contributed by atoms with E-state index in [1.54, 1.807) is 36.4 Å². The maximum Gasteiger partial charge on any atom is 0.184 e. The van der Waals surface area contributed by atoms with Crippen molar-refractivity contribution in [3.8, 4) is 6.07 Å². The van der Waals surface area contributed by atoms with Gasteiger partial charge in [0.2, 0.25) is 0 Å². The summed E-state index contributed by atoms with van der Waals surface area (Å²) < 4.78 is 24.7. The molecule has 0 aliphatic heterocycles. The van der Waals surface area contributed by atoms with E-state index in [0.29, 0.717) is 11.1 Å². The van der Waals surface area contributed by atoms with E-state index in [1.165, 1.54) is 6.07 Å².